The molecule has 0 bridgehead atoms. The molecule has 12 heavy (non-hydrogen) atoms. The van der Waals surface area contributed by atoms with Crippen LogP contribution in [0.4, 0.5) is 0 Å². The molecule has 0 amide bonds. The number of furan rings is 1. The molecule has 1 atom stereocenters. The fourth-order valence-corrected chi connectivity index (χ4v) is 1.24. The first kappa shape index (κ1) is 9.40. The monoisotopic (exact) mass is 184 g/mol. The molecule has 0 radical (unpaired) electrons. The lowest BCUT2D eigenvalue weighted by molar-refractivity contribution is 0.480. The average Bonchev–Trinajstić information content (AvgIpc) is 2.57. The van der Waals surface area contributed by atoms with E-state index in [1.54, 1.807) is 12.5 Å². The second-order valence-electron chi connectivity index (χ2n) is 3.30. The average molecular weight is 185 g/mol. The van der Waals surface area contributed by atoms with Crippen LogP contribution in [0.5, 0.6) is 0 Å². The quantitative estimate of drug-likeness (QED) is 0.517. The van der Waals surface area contributed by atoms with E-state index in [-0.39, 0.29) is 5.41 Å². The van der Waals surface area contributed by atoms with Gasteiger partial charge in [-0.15, -0.1) is 18.2 Å². The van der Waals surface area contributed by atoms with Crippen molar-refractivity contribution in [2.45, 2.75) is 13.3 Å². The summed E-state index contributed by atoms with van der Waals surface area (Å²) in [7, 11) is 0. The van der Waals surface area contributed by atoms with Gasteiger partial charge < -0.3 is 4.42 Å². The van der Waals surface area contributed by atoms with Gasteiger partial charge >= 0.3 is 0 Å². The number of hydrogen-bond acceptors (Lipinski definition) is 1. The summed E-state index contributed by atoms with van der Waals surface area (Å²) >= 11 is 5.82. The molecule has 0 N–H and O–H groups in total. The van der Waals surface area contributed by atoms with Crippen molar-refractivity contribution in [1.82, 2.24) is 0 Å². The van der Waals surface area contributed by atoms with Crippen LogP contribution in [0, 0.1) is 5.41 Å². The second-order valence-corrected chi connectivity index (χ2v) is 3.57. The van der Waals surface area contributed by atoms with Crippen LogP contribution >= 0.6 is 11.6 Å². The van der Waals surface area contributed by atoms with E-state index in [4.69, 9.17) is 16.0 Å². The molecule has 0 aliphatic carbocycles. The van der Waals surface area contributed by atoms with E-state index in [1.165, 1.54) is 0 Å². The van der Waals surface area contributed by atoms with E-state index < -0.39 is 0 Å². The van der Waals surface area contributed by atoms with Gasteiger partial charge in [0.1, 0.15) is 0 Å². The van der Waals surface area contributed by atoms with Crippen molar-refractivity contribution < 1.29 is 4.42 Å². The van der Waals surface area contributed by atoms with E-state index in [9.17, 15) is 0 Å². The van der Waals surface area contributed by atoms with E-state index in [0.717, 1.165) is 12.0 Å². The van der Waals surface area contributed by atoms with Crippen LogP contribution in [0.15, 0.2) is 35.7 Å². The molecule has 66 valence electrons. The van der Waals surface area contributed by atoms with Crippen molar-refractivity contribution in [3.05, 3.63) is 36.8 Å². The van der Waals surface area contributed by atoms with Crippen molar-refractivity contribution >= 4 is 11.6 Å². The maximum atomic E-state index is 5.82. The summed E-state index contributed by atoms with van der Waals surface area (Å²) in [4.78, 5) is 0. The first-order chi connectivity index (χ1) is 5.70. The topological polar surface area (TPSA) is 13.1 Å². The summed E-state index contributed by atoms with van der Waals surface area (Å²) in [5, 5.41) is 0. The molecular formula is C10H13ClO. The summed E-state index contributed by atoms with van der Waals surface area (Å²) in [6.45, 7) is 5.85. The van der Waals surface area contributed by atoms with Gasteiger partial charge in [-0.2, -0.15) is 0 Å². The number of halogens is 1. The molecule has 1 rings (SSSR count). The van der Waals surface area contributed by atoms with Gasteiger partial charge in [0.2, 0.25) is 0 Å². The number of hydrogen-bond donors (Lipinski definition) is 0. The van der Waals surface area contributed by atoms with Gasteiger partial charge in [0, 0.05) is 11.3 Å². The maximum Gasteiger partial charge on any atom is 0.0934 e. The van der Waals surface area contributed by atoms with Crippen LogP contribution in [-0.4, -0.2) is 5.88 Å². The Bertz CT molecular complexity index is 240. The third kappa shape index (κ3) is 2.15. The van der Waals surface area contributed by atoms with Gasteiger partial charge in [-0.25, -0.2) is 0 Å². The first-order valence-electron chi connectivity index (χ1n) is 3.91. The van der Waals surface area contributed by atoms with Gasteiger partial charge in [-0.05, 0) is 18.1 Å². The van der Waals surface area contributed by atoms with E-state index in [2.05, 4.69) is 13.5 Å². The summed E-state index contributed by atoms with van der Waals surface area (Å²) in [5.41, 5.74) is 1.14. The van der Waals surface area contributed by atoms with Gasteiger partial charge in [-0.3, -0.25) is 0 Å². The van der Waals surface area contributed by atoms with E-state index in [1.807, 2.05) is 12.1 Å². The van der Waals surface area contributed by atoms with Crippen LogP contribution in [0.2, 0.25) is 0 Å². The Kier molecular flexibility index (Phi) is 2.99. The standard InChI is InChI=1S/C10H13ClO/c1-3-10(2,8-11)6-9-4-5-12-7-9/h3-5,7H,1,6,8H2,2H3. The molecule has 0 saturated heterocycles. The predicted molar refractivity (Wildman–Crippen MR) is 51.4 cm³/mol. The minimum Gasteiger partial charge on any atom is -0.472 e. The van der Waals surface area contributed by atoms with Crippen LogP contribution in [0.3, 0.4) is 0 Å². The summed E-state index contributed by atoms with van der Waals surface area (Å²) < 4.78 is 4.97. The normalized spacial score (nSPS) is 15.5. The first-order valence-corrected chi connectivity index (χ1v) is 4.44. The molecule has 0 aliphatic heterocycles. The number of alkyl halides is 1. The molecule has 1 aromatic rings. The number of allylic oxidation sites excluding steroid dienone is 1. The summed E-state index contributed by atoms with van der Waals surface area (Å²) in [5.74, 6) is 0.585. The Morgan fingerprint density at radius 1 is 1.75 bits per heavy atom. The third-order valence-electron chi connectivity index (χ3n) is 1.99. The van der Waals surface area contributed by atoms with Crippen molar-refractivity contribution in [1.29, 1.82) is 0 Å². The van der Waals surface area contributed by atoms with Crippen LogP contribution in [0.1, 0.15) is 12.5 Å². The molecule has 1 nitrogen and oxygen atoms in total. The van der Waals surface area contributed by atoms with Crippen LogP contribution < -0.4 is 0 Å². The zero-order valence-corrected chi connectivity index (χ0v) is 7.97. The van der Waals surface area contributed by atoms with Gasteiger partial charge in [-0.1, -0.05) is 13.0 Å². The fraction of sp³-hybridized carbons (Fsp3) is 0.400. The smallest absolute Gasteiger partial charge is 0.0934 e. The predicted octanol–water partition coefficient (Wildman–Crippen LogP) is 3.25. The van der Waals surface area contributed by atoms with Crippen molar-refractivity contribution in [2.24, 2.45) is 5.41 Å². The number of rotatable bonds is 4. The Labute approximate surface area is 78.0 Å². The van der Waals surface area contributed by atoms with Crippen molar-refractivity contribution in [3.63, 3.8) is 0 Å². The fourth-order valence-electron chi connectivity index (χ4n) is 1.03. The molecule has 0 saturated carbocycles. The molecular weight excluding hydrogens is 172 g/mol. The molecule has 1 unspecified atom stereocenters. The van der Waals surface area contributed by atoms with Gasteiger partial charge in [0.05, 0.1) is 12.5 Å². The Morgan fingerprint density at radius 3 is 2.92 bits per heavy atom. The Balaban J connectivity index is 2.66. The van der Waals surface area contributed by atoms with Crippen LogP contribution in [0.25, 0.3) is 0 Å². The zero-order chi connectivity index (χ0) is 9.03. The largest absolute Gasteiger partial charge is 0.472 e. The summed E-state index contributed by atoms with van der Waals surface area (Å²) in [6.07, 6.45) is 6.20. The summed E-state index contributed by atoms with van der Waals surface area (Å²) in [6, 6.07) is 1.95. The maximum absolute atomic E-state index is 5.82. The van der Waals surface area contributed by atoms with Gasteiger partial charge in [0.15, 0.2) is 0 Å². The molecule has 0 fully saturated rings. The molecule has 1 heterocycles. The molecule has 0 spiro atoms. The highest BCUT2D eigenvalue weighted by Crippen LogP contribution is 2.25. The molecule has 1 aromatic heterocycles. The van der Waals surface area contributed by atoms with E-state index >= 15 is 0 Å². The highest BCUT2D eigenvalue weighted by molar-refractivity contribution is 6.18. The highest BCUT2D eigenvalue weighted by Gasteiger charge is 2.19. The van der Waals surface area contributed by atoms with Crippen molar-refractivity contribution in [3.8, 4) is 0 Å². The van der Waals surface area contributed by atoms with Crippen LogP contribution in [-0.2, 0) is 6.42 Å². The minimum absolute atomic E-state index is 0.0224. The lowest BCUT2D eigenvalue weighted by Crippen LogP contribution is -2.17. The Morgan fingerprint density at radius 2 is 2.50 bits per heavy atom. The second kappa shape index (κ2) is 3.81. The third-order valence-corrected chi connectivity index (χ3v) is 2.60. The minimum atomic E-state index is -0.0224. The lowest BCUT2D eigenvalue weighted by Gasteiger charge is -2.21. The van der Waals surface area contributed by atoms with Gasteiger partial charge in [0.25, 0.3) is 0 Å². The molecule has 2 heteroatoms. The highest BCUT2D eigenvalue weighted by atomic mass is 35.5. The zero-order valence-electron chi connectivity index (χ0n) is 7.22. The molecule has 0 aliphatic rings. The lowest BCUT2D eigenvalue weighted by atomic mass is 9.87. The Hall–Kier alpha value is -0.690. The molecule has 0 aromatic carbocycles. The SMILES string of the molecule is C=CC(C)(CCl)Cc1ccoc1. The van der Waals surface area contributed by atoms with Crippen molar-refractivity contribution in [2.75, 3.05) is 5.88 Å². The van der Waals surface area contributed by atoms with E-state index in [0.29, 0.717) is 5.88 Å².